The zero-order valence-electron chi connectivity index (χ0n) is 27.6. The number of primary sulfonamides is 1. The molecule has 5 aromatic rings. The third-order valence-electron chi connectivity index (χ3n) is 7.94. The minimum absolute atomic E-state index is 0.0346. The molecule has 0 aliphatic rings. The highest BCUT2D eigenvalue weighted by Gasteiger charge is 2.30. The van der Waals surface area contributed by atoms with E-state index >= 15 is 0 Å². The van der Waals surface area contributed by atoms with Crippen LogP contribution in [-0.4, -0.2) is 87.8 Å². The summed E-state index contributed by atoms with van der Waals surface area (Å²) < 4.78 is 88.2. The predicted molar refractivity (Wildman–Crippen MR) is 183 cm³/mol. The van der Waals surface area contributed by atoms with Gasteiger partial charge in [-0.3, -0.25) is 4.79 Å². The number of carboxylic acids is 1. The van der Waals surface area contributed by atoms with Gasteiger partial charge in [-0.1, -0.05) is 29.5 Å². The van der Waals surface area contributed by atoms with Gasteiger partial charge in [-0.15, -0.1) is 16.4 Å². The minimum atomic E-state index is -4.53. The van der Waals surface area contributed by atoms with Gasteiger partial charge in [-0.05, 0) is 66.4 Å². The quantitative estimate of drug-likeness (QED) is 0.0811. The van der Waals surface area contributed by atoms with Crippen LogP contribution in [0, 0.1) is 0 Å². The Morgan fingerprint density at radius 2 is 1.62 bits per heavy atom. The summed E-state index contributed by atoms with van der Waals surface area (Å²) in [6.45, 7) is -1.46. The maximum absolute atomic E-state index is 13.0. The van der Waals surface area contributed by atoms with E-state index in [-0.39, 0.29) is 30.5 Å². The number of nitrogens with one attached hydrogen (secondary N) is 1. The molecule has 0 aliphatic carbocycles. The minimum Gasteiger partial charge on any atom is -0.491 e. The van der Waals surface area contributed by atoms with Gasteiger partial charge < -0.3 is 30.1 Å². The van der Waals surface area contributed by atoms with Crippen molar-refractivity contribution in [3.8, 4) is 11.5 Å². The van der Waals surface area contributed by atoms with Crippen LogP contribution in [0.3, 0.4) is 0 Å². The number of ether oxygens (including phenoxy) is 2. The third-order valence-corrected chi connectivity index (χ3v) is 10.3. The Balaban J connectivity index is 1.30. The van der Waals surface area contributed by atoms with Crippen LogP contribution >= 0.6 is 11.3 Å². The molecule has 0 fully saturated rings. The number of nitrogens with zero attached hydrogens (tertiary/aromatic N) is 4. The first-order chi connectivity index (χ1) is 25.1. The maximum Gasteiger partial charge on any atom is 0.416 e. The zero-order valence-corrected chi connectivity index (χ0v) is 29.2. The van der Waals surface area contributed by atoms with E-state index in [0.29, 0.717) is 39.4 Å². The van der Waals surface area contributed by atoms with Gasteiger partial charge in [0.25, 0.3) is 10.0 Å². The van der Waals surface area contributed by atoms with Gasteiger partial charge >= 0.3 is 12.1 Å². The lowest BCUT2D eigenvalue weighted by Crippen LogP contribution is -2.42. The molecule has 0 unspecified atom stereocenters. The number of aromatic nitrogens is 4. The maximum atomic E-state index is 13.0. The number of hydrogen-bond donors (Lipinski definition) is 5. The molecule has 14 nitrogen and oxygen atoms in total. The number of thiazole rings is 1. The van der Waals surface area contributed by atoms with Crippen LogP contribution in [0.2, 0.25) is 0 Å². The number of nitrogens with two attached hydrogens (primary N) is 1. The molecule has 2 heterocycles. The molecule has 0 saturated heterocycles. The van der Waals surface area contributed by atoms with E-state index in [0.717, 1.165) is 29.0 Å². The molecule has 53 heavy (non-hydrogen) atoms. The highest BCUT2D eigenvalue weighted by molar-refractivity contribution is 7.91. The van der Waals surface area contributed by atoms with Crippen LogP contribution < -0.4 is 19.9 Å². The first kappa shape index (κ1) is 39.5. The molecule has 4 atom stereocenters. The smallest absolute Gasteiger partial charge is 0.416 e. The lowest BCUT2D eigenvalue weighted by Gasteiger charge is -2.22. The Morgan fingerprint density at radius 1 is 0.962 bits per heavy atom. The van der Waals surface area contributed by atoms with Crippen molar-refractivity contribution in [2.24, 2.45) is 5.14 Å². The summed E-state index contributed by atoms with van der Waals surface area (Å²) in [5.74, 6) is -0.475. The molecule has 0 aliphatic heterocycles. The van der Waals surface area contributed by atoms with Crippen LogP contribution in [0.1, 0.15) is 28.4 Å². The number of aliphatic hydroxyl groups excluding tert-OH is 2. The van der Waals surface area contributed by atoms with Crippen molar-refractivity contribution in [2.75, 3.05) is 19.8 Å². The van der Waals surface area contributed by atoms with Gasteiger partial charge in [0, 0.05) is 6.54 Å². The number of carboxylic acid groups (broad SMARTS) is 1. The fraction of sp³-hybridized carbons (Fsp3) is 0.333. The van der Waals surface area contributed by atoms with E-state index in [1.807, 2.05) is 0 Å². The van der Waals surface area contributed by atoms with Crippen LogP contribution in [0.15, 0.2) is 77.3 Å². The highest BCUT2D eigenvalue weighted by atomic mass is 32.2. The van der Waals surface area contributed by atoms with Gasteiger partial charge in [0.1, 0.15) is 55.3 Å². The van der Waals surface area contributed by atoms with Crippen LogP contribution in [0.5, 0.6) is 11.5 Å². The molecule has 5 rings (SSSR count). The summed E-state index contributed by atoms with van der Waals surface area (Å²) in [6.07, 6.45) is -5.74. The topological polar surface area (TPSA) is 212 Å². The van der Waals surface area contributed by atoms with Crippen molar-refractivity contribution in [1.82, 2.24) is 25.3 Å². The number of alkyl halides is 4. The van der Waals surface area contributed by atoms with Crippen molar-refractivity contribution >= 4 is 37.5 Å². The number of benzene rings is 3. The number of aliphatic hydroxyl groups is 2. The summed E-state index contributed by atoms with van der Waals surface area (Å²) in [4.78, 5) is 16.2. The molecule has 0 radical (unpaired) electrons. The fourth-order valence-corrected chi connectivity index (χ4v) is 6.73. The molecule has 20 heteroatoms. The van der Waals surface area contributed by atoms with Crippen molar-refractivity contribution < 1.29 is 55.6 Å². The highest BCUT2D eigenvalue weighted by Crippen LogP contribution is 2.30. The summed E-state index contributed by atoms with van der Waals surface area (Å²) >= 11 is 0.894. The summed E-state index contributed by atoms with van der Waals surface area (Å²) in [6, 6.07) is 14.0. The SMILES string of the molecule is NS(=O)(=O)c1nc2ccc(OCc3cn([C@@H](CN[C@@H](Cc4ccc(C(F)(F)F)cc4)C(=O)O)Cc4ccc(OC[C@H](O)[C@@H](O)CF)cc4)nn3)cc2s1. The lowest BCUT2D eigenvalue weighted by molar-refractivity contribution is -0.140. The number of carbonyl (C=O) groups is 1. The number of aliphatic carboxylic acids is 1. The largest absolute Gasteiger partial charge is 0.491 e. The molecule has 0 bridgehead atoms. The van der Waals surface area contributed by atoms with Crippen molar-refractivity contribution in [3.63, 3.8) is 0 Å². The number of hydrogen-bond acceptors (Lipinski definition) is 12. The van der Waals surface area contributed by atoms with Crippen molar-refractivity contribution in [1.29, 1.82) is 0 Å². The van der Waals surface area contributed by atoms with Gasteiger partial charge in [-0.25, -0.2) is 27.6 Å². The molecule has 6 N–H and O–H groups in total. The van der Waals surface area contributed by atoms with Gasteiger partial charge in [0.15, 0.2) is 0 Å². The molecule has 2 aromatic heterocycles. The van der Waals surface area contributed by atoms with Gasteiger partial charge in [0.2, 0.25) is 4.34 Å². The van der Waals surface area contributed by atoms with Crippen molar-refractivity contribution in [3.05, 3.63) is 95.3 Å². The lowest BCUT2D eigenvalue weighted by atomic mass is 10.0. The Kier molecular flexibility index (Phi) is 12.6. The van der Waals surface area contributed by atoms with Gasteiger partial charge in [-0.2, -0.15) is 13.2 Å². The second kappa shape index (κ2) is 16.9. The number of rotatable bonds is 18. The Labute approximate surface area is 303 Å². The Hall–Kier alpha value is -4.73. The number of sulfonamides is 1. The first-order valence-electron chi connectivity index (χ1n) is 15.8. The average molecular weight is 783 g/mol. The summed E-state index contributed by atoms with van der Waals surface area (Å²) in [7, 11) is -3.98. The Bertz CT molecular complexity index is 2100. The van der Waals surface area contributed by atoms with Gasteiger partial charge in [0.05, 0.1) is 28.0 Å². The monoisotopic (exact) mass is 782 g/mol. The Morgan fingerprint density at radius 3 is 2.26 bits per heavy atom. The molecule has 3 aromatic carbocycles. The second-order valence-electron chi connectivity index (χ2n) is 11.9. The third kappa shape index (κ3) is 10.9. The molecule has 0 spiro atoms. The van der Waals surface area contributed by atoms with E-state index in [9.17, 15) is 46.1 Å². The summed E-state index contributed by atoms with van der Waals surface area (Å²) in [5, 5.41) is 45.7. The van der Waals surface area contributed by atoms with Crippen LogP contribution in [-0.2, 0) is 40.4 Å². The van der Waals surface area contributed by atoms with E-state index in [2.05, 4.69) is 20.6 Å². The summed E-state index contributed by atoms with van der Waals surface area (Å²) in [5.41, 5.74) is 1.12. The van der Waals surface area contributed by atoms with Crippen LogP contribution in [0.4, 0.5) is 17.6 Å². The van der Waals surface area contributed by atoms with Crippen LogP contribution in [0.25, 0.3) is 10.2 Å². The average Bonchev–Trinajstić information content (AvgIpc) is 3.78. The van der Waals surface area contributed by atoms with E-state index < -0.39 is 58.7 Å². The van der Waals surface area contributed by atoms with E-state index in [1.54, 1.807) is 48.7 Å². The van der Waals surface area contributed by atoms with Crippen molar-refractivity contribution in [2.45, 2.75) is 54.3 Å². The number of halogens is 4. The molecule has 284 valence electrons. The standard InChI is InChI=1S/C33H34F4N6O8S2/c34-14-28(44)29(45)18-51-24-7-3-19(4-8-24)11-23(15-39-27(31(46)47)12-20-1-5-21(6-2-20)33(35,36)37)43-16-22(41-42-43)17-50-25-9-10-26-30(13-25)52-32(40-26)53(38,48)49/h1-10,13,16,23,27-29,39,44-45H,11-12,14-15,17-18H2,(H,46,47)(H2,38,48,49)/t23-,27+,28+,29+/m1/s1. The second-order valence-corrected chi connectivity index (χ2v) is 14.7. The fourth-order valence-electron chi connectivity index (χ4n) is 5.05. The van der Waals surface area contributed by atoms with E-state index in [1.165, 1.54) is 16.8 Å². The molecule has 0 amide bonds. The predicted octanol–water partition coefficient (Wildman–Crippen LogP) is 3.27. The number of fused-ring (bicyclic) bond motifs is 1. The van der Waals surface area contributed by atoms with E-state index in [4.69, 9.17) is 14.6 Å². The molecule has 0 saturated carbocycles. The molecular formula is C33H34F4N6O8S2. The first-order valence-corrected chi connectivity index (χ1v) is 18.2. The molecular weight excluding hydrogens is 749 g/mol. The zero-order chi connectivity index (χ0) is 38.3. The normalized spacial score (nSPS) is 14.5.